The Kier molecular flexibility index (Phi) is 2.70. The Morgan fingerprint density at radius 2 is 2.43 bits per heavy atom. The van der Waals surface area contributed by atoms with Crippen molar-refractivity contribution in [1.29, 1.82) is 0 Å². The molecule has 2 rings (SSSR count). The van der Waals surface area contributed by atoms with Crippen LogP contribution in [0.15, 0.2) is 29.4 Å². The van der Waals surface area contributed by atoms with Crippen LogP contribution in [-0.4, -0.2) is 18.4 Å². The van der Waals surface area contributed by atoms with Gasteiger partial charge in [-0.05, 0) is 12.1 Å². The molecule has 0 aliphatic carbocycles. The van der Waals surface area contributed by atoms with Crippen LogP contribution in [0.2, 0.25) is 5.02 Å². The monoisotopic (exact) mass is 210 g/mol. The fraction of sp³-hybridized carbons (Fsp3) is 0.300. The number of oxime groups is 1. The van der Waals surface area contributed by atoms with E-state index >= 15 is 0 Å². The van der Waals surface area contributed by atoms with E-state index in [4.69, 9.17) is 22.2 Å². The van der Waals surface area contributed by atoms with Crippen LogP contribution in [0.25, 0.3) is 0 Å². The lowest BCUT2D eigenvalue weighted by Crippen LogP contribution is -2.20. The van der Waals surface area contributed by atoms with Crippen LogP contribution in [0.5, 0.6) is 0 Å². The molecule has 14 heavy (non-hydrogen) atoms. The maximum Gasteiger partial charge on any atom is 0.145 e. The van der Waals surface area contributed by atoms with E-state index in [9.17, 15) is 0 Å². The van der Waals surface area contributed by atoms with Gasteiger partial charge >= 0.3 is 0 Å². The molecular weight excluding hydrogens is 200 g/mol. The first-order chi connectivity index (χ1) is 6.79. The lowest BCUT2D eigenvalue weighted by molar-refractivity contribution is 0.0918. The smallest absolute Gasteiger partial charge is 0.145 e. The second kappa shape index (κ2) is 3.98. The third-order valence-electron chi connectivity index (χ3n) is 2.15. The summed E-state index contributed by atoms with van der Waals surface area (Å²) in [6.07, 6.45) is 0.778. The normalized spacial score (nSPS) is 20.4. The van der Waals surface area contributed by atoms with Gasteiger partial charge in [-0.2, -0.15) is 0 Å². The van der Waals surface area contributed by atoms with Crippen molar-refractivity contribution in [2.45, 2.75) is 12.5 Å². The molecule has 1 heterocycles. The van der Waals surface area contributed by atoms with Gasteiger partial charge in [0, 0.05) is 23.6 Å². The maximum atomic E-state index is 5.87. The molecule has 0 spiro atoms. The second-order valence-corrected chi connectivity index (χ2v) is 3.65. The summed E-state index contributed by atoms with van der Waals surface area (Å²) in [5.41, 5.74) is 7.41. The highest BCUT2D eigenvalue weighted by molar-refractivity contribution is 6.31. The molecule has 2 N–H and O–H groups in total. The van der Waals surface area contributed by atoms with Gasteiger partial charge in [0.25, 0.3) is 0 Å². The Bertz CT molecular complexity index is 365. The van der Waals surface area contributed by atoms with Gasteiger partial charge in [-0.15, -0.1) is 0 Å². The number of nitrogens with two attached hydrogens (primary N) is 1. The summed E-state index contributed by atoms with van der Waals surface area (Å²) < 4.78 is 0. The summed E-state index contributed by atoms with van der Waals surface area (Å²) in [6.45, 7) is 0.494. The molecule has 0 aromatic heterocycles. The summed E-state index contributed by atoms with van der Waals surface area (Å²) in [5, 5.41) is 4.69. The summed E-state index contributed by atoms with van der Waals surface area (Å²) in [7, 11) is 0. The van der Waals surface area contributed by atoms with Crippen molar-refractivity contribution in [3.05, 3.63) is 34.9 Å². The minimum atomic E-state index is 0.0176. The molecule has 0 amide bonds. The Balaban J connectivity index is 2.17. The van der Waals surface area contributed by atoms with Gasteiger partial charge in [-0.3, -0.25) is 0 Å². The minimum absolute atomic E-state index is 0.0176. The van der Waals surface area contributed by atoms with Crippen LogP contribution >= 0.6 is 11.6 Å². The molecule has 1 aliphatic rings. The quantitative estimate of drug-likeness (QED) is 0.809. The van der Waals surface area contributed by atoms with Crippen molar-refractivity contribution in [3.63, 3.8) is 0 Å². The van der Waals surface area contributed by atoms with Crippen LogP contribution in [0.4, 0.5) is 0 Å². The number of nitrogens with zero attached hydrogens (tertiary/aromatic N) is 1. The van der Waals surface area contributed by atoms with Gasteiger partial charge in [0.15, 0.2) is 0 Å². The molecule has 0 saturated carbocycles. The molecule has 3 nitrogen and oxygen atoms in total. The minimum Gasteiger partial charge on any atom is -0.390 e. The zero-order chi connectivity index (χ0) is 9.97. The van der Waals surface area contributed by atoms with Gasteiger partial charge in [0.05, 0.1) is 5.71 Å². The molecule has 0 radical (unpaired) electrons. The maximum absolute atomic E-state index is 5.87. The molecule has 1 aliphatic heterocycles. The van der Waals surface area contributed by atoms with Crippen LogP contribution in [0.3, 0.4) is 0 Å². The largest absolute Gasteiger partial charge is 0.390 e. The summed E-state index contributed by atoms with van der Waals surface area (Å²) >= 11 is 5.87. The zero-order valence-corrected chi connectivity index (χ0v) is 8.37. The van der Waals surface area contributed by atoms with E-state index in [-0.39, 0.29) is 6.10 Å². The molecule has 1 atom stereocenters. The van der Waals surface area contributed by atoms with Crippen molar-refractivity contribution in [2.75, 3.05) is 6.54 Å². The molecular formula is C10H11ClN2O. The third-order valence-corrected chi connectivity index (χ3v) is 2.39. The molecule has 1 aromatic rings. The number of benzene rings is 1. The number of hydrogen-bond donors (Lipinski definition) is 1. The van der Waals surface area contributed by atoms with E-state index in [1.165, 1.54) is 0 Å². The van der Waals surface area contributed by atoms with Gasteiger partial charge in [0.2, 0.25) is 0 Å². The fourth-order valence-electron chi connectivity index (χ4n) is 1.39. The molecule has 0 saturated heterocycles. The van der Waals surface area contributed by atoms with E-state index in [1.807, 2.05) is 24.3 Å². The first-order valence-corrected chi connectivity index (χ1v) is 4.86. The van der Waals surface area contributed by atoms with Crippen molar-refractivity contribution in [1.82, 2.24) is 0 Å². The average molecular weight is 211 g/mol. The van der Waals surface area contributed by atoms with Crippen LogP contribution in [-0.2, 0) is 4.84 Å². The van der Waals surface area contributed by atoms with Crippen molar-refractivity contribution in [2.24, 2.45) is 10.9 Å². The summed E-state index contributed by atoms with van der Waals surface area (Å²) in [4.78, 5) is 5.13. The second-order valence-electron chi connectivity index (χ2n) is 3.22. The lowest BCUT2D eigenvalue weighted by atomic mass is 10.1. The van der Waals surface area contributed by atoms with E-state index in [2.05, 4.69) is 5.16 Å². The van der Waals surface area contributed by atoms with Crippen LogP contribution in [0.1, 0.15) is 12.0 Å². The average Bonchev–Trinajstić information content (AvgIpc) is 2.66. The van der Waals surface area contributed by atoms with E-state index in [0.29, 0.717) is 11.6 Å². The Morgan fingerprint density at radius 3 is 3.07 bits per heavy atom. The third kappa shape index (κ3) is 1.89. The van der Waals surface area contributed by atoms with Crippen LogP contribution < -0.4 is 5.73 Å². The molecule has 74 valence electrons. The highest BCUT2D eigenvalue weighted by Crippen LogP contribution is 2.18. The fourth-order valence-corrected chi connectivity index (χ4v) is 1.58. The van der Waals surface area contributed by atoms with Gasteiger partial charge in [0.1, 0.15) is 6.10 Å². The van der Waals surface area contributed by atoms with Gasteiger partial charge in [-0.25, -0.2) is 0 Å². The number of rotatable bonds is 2. The first-order valence-electron chi connectivity index (χ1n) is 4.48. The number of halogens is 1. The Hall–Kier alpha value is -1.06. The molecule has 0 unspecified atom stereocenters. The predicted octanol–water partition coefficient (Wildman–Crippen LogP) is 1.79. The van der Waals surface area contributed by atoms with E-state index in [0.717, 1.165) is 17.7 Å². The lowest BCUT2D eigenvalue weighted by Gasteiger charge is -2.02. The Morgan fingerprint density at radius 1 is 1.57 bits per heavy atom. The van der Waals surface area contributed by atoms with Crippen LogP contribution in [0, 0.1) is 0 Å². The molecule has 0 fully saturated rings. The van der Waals surface area contributed by atoms with Gasteiger partial charge < -0.3 is 10.6 Å². The molecule has 0 bridgehead atoms. The number of hydrogen-bond acceptors (Lipinski definition) is 3. The standard InChI is InChI=1S/C10H11ClN2O/c11-8-3-1-2-7(4-8)10-5-9(6-12)14-13-10/h1-4,9H,5-6,12H2/t9-/m1/s1. The van der Waals surface area contributed by atoms with E-state index < -0.39 is 0 Å². The highest BCUT2D eigenvalue weighted by Gasteiger charge is 2.20. The van der Waals surface area contributed by atoms with E-state index in [1.54, 1.807) is 0 Å². The molecule has 1 aromatic carbocycles. The topological polar surface area (TPSA) is 47.6 Å². The SMILES string of the molecule is NC[C@H]1CC(c2cccc(Cl)c2)=NO1. The van der Waals surface area contributed by atoms with Crippen molar-refractivity contribution < 1.29 is 4.84 Å². The summed E-state index contributed by atoms with van der Waals surface area (Å²) in [6, 6.07) is 7.58. The van der Waals surface area contributed by atoms with Crippen molar-refractivity contribution in [3.8, 4) is 0 Å². The predicted molar refractivity (Wildman–Crippen MR) is 56.5 cm³/mol. The van der Waals surface area contributed by atoms with Gasteiger partial charge in [-0.1, -0.05) is 28.9 Å². The zero-order valence-electron chi connectivity index (χ0n) is 7.61. The Labute approximate surface area is 87.5 Å². The first kappa shape index (κ1) is 9.49. The highest BCUT2D eigenvalue weighted by atomic mass is 35.5. The van der Waals surface area contributed by atoms with Crippen molar-refractivity contribution >= 4 is 17.3 Å². The summed E-state index contributed by atoms with van der Waals surface area (Å²) in [5.74, 6) is 0. The molecule has 4 heteroatoms.